The fraction of sp³-hybridized carbons (Fsp3) is 0.550. The average Bonchev–Trinajstić information content (AvgIpc) is 3.06. The number of nitrogens with zero attached hydrogens (tertiary/aromatic N) is 2. The number of nitrogens with one attached hydrogen (secondary N) is 3. The number of piperidine rings is 1. The Balaban J connectivity index is 1.44. The number of H-pyrrole nitrogens is 1. The van der Waals surface area contributed by atoms with Crippen molar-refractivity contribution >= 4 is 16.9 Å². The SMILES string of the molecule is CCCN1CCC(NC(=NC)NCCc2c[nH]c3ccccc23)CC1. The highest BCUT2D eigenvalue weighted by Crippen LogP contribution is 2.17. The number of fused-ring (bicyclic) bond motifs is 1. The van der Waals surface area contributed by atoms with E-state index in [2.05, 4.69) is 62.9 Å². The van der Waals surface area contributed by atoms with Crippen molar-refractivity contribution in [3.05, 3.63) is 36.0 Å². The van der Waals surface area contributed by atoms with Crippen LogP contribution in [0.5, 0.6) is 0 Å². The van der Waals surface area contributed by atoms with E-state index in [1.807, 2.05) is 7.05 Å². The Hall–Kier alpha value is -2.01. The molecule has 0 amide bonds. The lowest BCUT2D eigenvalue weighted by molar-refractivity contribution is 0.206. The van der Waals surface area contributed by atoms with Gasteiger partial charge in [0, 0.05) is 49.8 Å². The maximum atomic E-state index is 4.39. The van der Waals surface area contributed by atoms with Crippen molar-refractivity contribution in [3.63, 3.8) is 0 Å². The number of benzene rings is 1. The second kappa shape index (κ2) is 8.90. The molecule has 1 aromatic carbocycles. The summed E-state index contributed by atoms with van der Waals surface area (Å²) in [4.78, 5) is 10.3. The molecule has 0 bridgehead atoms. The maximum absolute atomic E-state index is 4.39. The lowest BCUT2D eigenvalue weighted by atomic mass is 10.1. The molecule has 0 aliphatic carbocycles. The normalized spacial score (nSPS) is 17.1. The van der Waals surface area contributed by atoms with E-state index in [0.29, 0.717) is 6.04 Å². The van der Waals surface area contributed by atoms with Crippen molar-refractivity contribution in [2.24, 2.45) is 4.99 Å². The Morgan fingerprint density at radius 3 is 2.84 bits per heavy atom. The number of aliphatic imine (C=N–C) groups is 1. The van der Waals surface area contributed by atoms with Gasteiger partial charge in [0.25, 0.3) is 0 Å². The molecule has 3 rings (SSSR count). The van der Waals surface area contributed by atoms with E-state index in [9.17, 15) is 0 Å². The molecule has 136 valence electrons. The first-order valence-corrected chi connectivity index (χ1v) is 9.54. The van der Waals surface area contributed by atoms with Crippen molar-refractivity contribution < 1.29 is 0 Å². The summed E-state index contributed by atoms with van der Waals surface area (Å²) in [5.41, 5.74) is 2.56. The van der Waals surface area contributed by atoms with Crippen LogP contribution in [0.25, 0.3) is 10.9 Å². The highest BCUT2D eigenvalue weighted by atomic mass is 15.2. The van der Waals surface area contributed by atoms with Crippen LogP contribution in [0.2, 0.25) is 0 Å². The Morgan fingerprint density at radius 2 is 2.08 bits per heavy atom. The quantitative estimate of drug-likeness (QED) is 0.559. The van der Waals surface area contributed by atoms with Gasteiger partial charge in [-0.3, -0.25) is 4.99 Å². The molecule has 0 spiro atoms. The third-order valence-corrected chi connectivity index (χ3v) is 5.05. The second-order valence-corrected chi connectivity index (χ2v) is 6.87. The van der Waals surface area contributed by atoms with Crippen molar-refractivity contribution in [2.75, 3.05) is 33.2 Å². The third-order valence-electron chi connectivity index (χ3n) is 5.05. The number of rotatable bonds is 6. The Kier molecular flexibility index (Phi) is 6.34. The van der Waals surface area contributed by atoms with Gasteiger partial charge in [0.2, 0.25) is 0 Å². The van der Waals surface area contributed by atoms with Crippen LogP contribution in [0.4, 0.5) is 0 Å². The van der Waals surface area contributed by atoms with Gasteiger partial charge in [-0.2, -0.15) is 0 Å². The zero-order valence-corrected chi connectivity index (χ0v) is 15.5. The fourth-order valence-electron chi connectivity index (χ4n) is 3.66. The summed E-state index contributed by atoms with van der Waals surface area (Å²) in [5.74, 6) is 0.925. The molecule has 3 N–H and O–H groups in total. The first-order chi connectivity index (χ1) is 12.3. The topological polar surface area (TPSA) is 55.4 Å². The average molecular weight is 342 g/mol. The number of hydrogen-bond donors (Lipinski definition) is 3. The van der Waals surface area contributed by atoms with Gasteiger partial charge in [0.1, 0.15) is 0 Å². The Morgan fingerprint density at radius 1 is 1.28 bits per heavy atom. The van der Waals surface area contributed by atoms with E-state index >= 15 is 0 Å². The maximum Gasteiger partial charge on any atom is 0.191 e. The highest BCUT2D eigenvalue weighted by Gasteiger charge is 2.19. The summed E-state index contributed by atoms with van der Waals surface area (Å²) in [6, 6.07) is 9.00. The summed E-state index contributed by atoms with van der Waals surface area (Å²) < 4.78 is 0. The molecule has 5 nitrogen and oxygen atoms in total. The molecule has 2 heterocycles. The number of aromatic amines is 1. The molecule has 0 saturated carbocycles. The molecule has 25 heavy (non-hydrogen) atoms. The van der Waals surface area contributed by atoms with Crippen LogP contribution in [-0.4, -0.2) is 55.1 Å². The van der Waals surface area contributed by atoms with Crippen LogP contribution in [-0.2, 0) is 6.42 Å². The van der Waals surface area contributed by atoms with Crippen molar-refractivity contribution in [1.29, 1.82) is 0 Å². The summed E-state index contributed by atoms with van der Waals surface area (Å²) >= 11 is 0. The van der Waals surface area contributed by atoms with Crippen LogP contribution < -0.4 is 10.6 Å². The van der Waals surface area contributed by atoms with Gasteiger partial charge in [-0.05, 0) is 43.9 Å². The van der Waals surface area contributed by atoms with E-state index in [4.69, 9.17) is 0 Å². The first kappa shape index (κ1) is 17.8. The minimum absolute atomic E-state index is 0.535. The van der Waals surface area contributed by atoms with Gasteiger partial charge in [0.05, 0.1) is 0 Å². The number of hydrogen-bond acceptors (Lipinski definition) is 2. The van der Waals surface area contributed by atoms with Gasteiger partial charge < -0.3 is 20.5 Å². The number of guanidine groups is 1. The van der Waals surface area contributed by atoms with Gasteiger partial charge >= 0.3 is 0 Å². The molecule has 1 saturated heterocycles. The van der Waals surface area contributed by atoms with Gasteiger partial charge in [0.15, 0.2) is 5.96 Å². The Bertz CT molecular complexity index is 682. The molecule has 2 aromatic rings. The van der Waals surface area contributed by atoms with Crippen molar-refractivity contribution in [1.82, 2.24) is 20.5 Å². The summed E-state index contributed by atoms with van der Waals surface area (Å²) in [5, 5.41) is 8.37. The molecule has 1 aliphatic rings. The van der Waals surface area contributed by atoms with E-state index in [0.717, 1.165) is 18.9 Å². The second-order valence-electron chi connectivity index (χ2n) is 6.87. The van der Waals surface area contributed by atoms with Gasteiger partial charge in [-0.25, -0.2) is 0 Å². The van der Waals surface area contributed by atoms with Crippen LogP contribution in [0.1, 0.15) is 31.7 Å². The third kappa shape index (κ3) is 4.75. The summed E-state index contributed by atoms with van der Waals surface area (Å²) in [6.45, 7) is 6.75. The van der Waals surface area contributed by atoms with Crippen LogP contribution in [0, 0.1) is 0 Å². The van der Waals surface area contributed by atoms with E-state index in [1.165, 1.54) is 55.4 Å². The predicted octanol–water partition coefficient (Wildman–Crippen LogP) is 2.75. The minimum Gasteiger partial charge on any atom is -0.361 e. The van der Waals surface area contributed by atoms with Crippen molar-refractivity contribution in [2.45, 2.75) is 38.6 Å². The lowest BCUT2D eigenvalue weighted by Crippen LogP contribution is -2.49. The molecule has 0 unspecified atom stereocenters. The van der Waals surface area contributed by atoms with Crippen LogP contribution in [0.15, 0.2) is 35.5 Å². The first-order valence-electron chi connectivity index (χ1n) is 9.54. The van der Waals surface area contributed by atoms with E-state index in [1.54, 1.807) is 0 Å². The molecule has 1 fully saturated rings. The standard InChI is InChI=1S/C20H31N5/c1-3-12-25-13-9-17(10-14-25)24-20(21-2)22-11-8-16-15-23-19-7-5-4-6-18(16)19/h4-7,15,17,23H,3,8-14H2,1-2H3,(H2,21,22,24). The lowest BCUT2D eigenvalue weighted by Gasteiger charge is -2.32. The minimum atomic E-state index is 0.535. The van der Waals surface area contributed by atoms with E-state index in [-0.39, 0.29) is 0 Å². The molecule has 0 atom stereocenters. The molecule has 5 heteroatoms. The summed E-state index contributed by atoms with van der Waals surface area (Å²) in [6.07, 6.45) is 6.74. The number of para-hydroxylation sites is 1. The largest absolute Gasteiger partial charge is 0.361 e. The molecule has 1 aliphatic heterocycles. The predicted molar refractivity (Wildman–Crippen MR) is 106 cm³/mol. The number of aromatic nitrogens is 1. The fourth-order valence-corrected chi connectivity index (χ4v) is 3.66. The van der Waals surface area contributed by atoms with Gasteiger partial charge in [-0.15, -0.1) is 0 Å². The molecular weight excluding hydrogens is 310 g/mol. The van der Waals surface area contributed by atoms with Crippen LogP contribution >= 0.6 is 0 Å². The van der Waals surface area contributed by atoms with E-state index < -0.39 is 0 Å². The number of likely N-dealkylation sites (tertiary alicyclic amines) is 1. The monoisotopic (exact) mass is 341 g/mol. The highest BCUT2D eigenvalue weighted by molar-refractivity contribution is 5.83. The summed E-state index contributed by atoms with van der Waals surface area (Å²) in [7, 11) is 1.85. The Labute approximate surface area is 150 Å². The zero-order chi connectivity index (χ0) is 17.5. The van der Waals surface area contributed by atoms with Crippen molar-refractivity contribution in [3.8, 4) is 0 Å². The molecule has 0 radical (unpaired) electrons. The van der Waals surface area contributed by atoms with Gasteiger partial charge in [-0.1, -0.05) is 25.1 Å². The molecule has 1 aromatic heterocycles. The zero-order valence-electron chi connectivity index (χ0n) is 15.5. The smallest absolute Gasteiger partial charge is 0.191 e. The van der Waals surface area contributed by atoms with Crippen LogP contribution in [0.3, 0.4) is 0 Å². The molecular formula is C20H31N5.